The van der Waals surface area contributed by atoms with E-state index in [0.29, 0.717) is 5.75 Å². The highest BCUT2D eigenvalue weighted by atomic mass is 19.4. The van der Waals surface area contributed by atoms with Crippen LogP contribution in [0.2, 0.25) is 0 Å². The molecule has 0 spiro atoms. The average Bonchev–Trinajstić information content (AvgIpc) is 2.73. The molecule has 0 N–H and O–H groups in total. The van der Waals surface area contributed by atoms with Crippen molar-refractivity contribution < 1.29 is 37.0 Å². The van der Waals surface area contributed by atoms with Crippen LogP contribution in [-0.4, -0.2) is 19.0 Å². The summed E-state index contributed by atoms with van der Waals surface area (Å²) in [4.78, 5) is 24.6. The number of hydrogen-bond acceptors (Lipinski definition) is 5. The molecule has 5 nitrogen and oxygen atoms in total. The monoisotopic (exact) mass is 416 g/mol. The van der Waals surface area contributed by atoms with Gasteiger partial charge in [0.25, 0.3) is 0 Å². The zero-order valence-corrected chi connectivity index (χ0v) is 15.6. The van der Waals surface area contributed by atoms with Gasteiger partial charge in [0, 0.05) is 6.07 Å². The summed E-state index contributed by atoms with van der Waals surface area (Å²) in [5.41, 5.74) is -1.54. The highest BCUT2D eigenvalue weighted by molar-refractivity contribution is 5.94. The molecule has 8 heteroatoms. The largest absolute Gasteiger partial charge is 0.496 e. The van der Waals surface area contributed by atoms with E-state index in [9.17, 15) is 22.8 Å². The lowest BCUT2D eigenvalue weighted by Gasteiger charge is -2.12. The van der Waals surface area contributed by atoms with E-state index in [2.05, 4.69) is 0 Å². The van der Waals surface area contributed by atoms with Crippen LogP contribution in [-0.2, 0) is 6.18 Å². The maximum absolute atomic E-state index is 13.1. The Bertz CT molecular complexity index is 1080. The normalized spacial score (nSPS) is 10.9. The molecule has 154 valence electrons. The minimum Gasteiger partial charge on any atom is -0.496 e. The molecule has 3 aromatic carbocycles. The molecule has 0 aliphatic carbocycles. The molecule has 0 unspecified atom stereocenters. The number of hydrogen-bond donors (Lipinski definition) is 0. The number of para-hydroxylation sites is 1. The first-order valence-corrected chi connectivity index (χ1v) is 8.63. The van der Waals surface area contributed by atoms with Crippen LogP contribution in [0.3, 0.4) is 0 Å². The maximum Gasteiger partial charge on any atom is 0.417 e. The molecule has 0 bridgehead atoms. The Labute approximate surface area is 169 Å². The summed E-state index contributed by atoms with van der Waals surface area (Å²) in [6.07, 6.45) is -4.71. The van der Waals surface area contributed by atoms with Gasteiger partial charge in [-0.3, -0.25) is 0 Å². The smallest absolute Gasteiger partial charge is 0.417 e. The van der Waals surface area contributed by atoms with Gasteiger partial charge in [0.05, 0.1) is 18.2 Å². The molecule has 30 heavy (non-hydrogen) atoms. The Kier molecular flexibility index (Phi) is 6.06. The molecule has 3 aromatic rings. The van der Waals surface area contributed by atoms with Crippen molar-refractivity contribution in [2.75, 3.05) is 7.11 Å². The molecule has 0 aliphatic heterocycles. The van der Waals surface area contributed by atoms with Gasteiger partial charge in [-0.15, -0.1) is 0 Å². The zero-order valence-electron chi connectivity index (χ0n) is 15.6. The third-order valence-corrected chi connectivity index (χ3v) is 4.01. The van der Waals surface area contributed by atoms with E-state index >= 15 is 0 Å². The SMILES string of the molecule is COc1ccccc1C(=O)Oc1cccc(OC(=O)c2ccccc2C(F)(F)F)c1. The van der Waals surface area contributed by atoms with Gasteiger partial charge < -0.3 is 14.2 Å². The number of esters is 2. The first-order chi connectivity index (χ1) is 14.3. The minimum atomic E-state index is -4.71. The molecular weight excluding hydrogens is 401 g/mol. The first kappa shape index (κ1) is 20.9. The fraction of sp³-hybridized carbons (Fsp3) is 0.0909. The van der Waals surface area contributed by atoms with Gasteiger partial charge in [0.1, 0.15) is 22.8 Å². The average molecular weight is 416 g/mol. The number of halogens is 3. The Morgan fingerprint density at radius 3 is 1.87 bits per heavy atom. The van der Waals surface area contributed by atoms with E-state index in [4.69, 9.17) is 14.2 Å². The topological polar surface area (TPSA) is 61.8 Å². The second-order valence-corrected chi connectivity index (χ2v) is 6.00. The summed E-state index contributed by atoms with van der Waals surface area (Å²) in [5.74, 6) is -1.62. The second kappa shape index (κ2) is 8.69. The third kappa shape index (κ3) is 4.78. The van der Waals surface area contributed by atoms with E-state index in [0.717, 1.165) is 12.1 Å². The van der Waals surface area contributed by atoms with Crippen LogP contribution in [0.25, 0.3) is 0 Å². The summed E-state index contributed by atoms with van der Waals surface area (Å²) < 4.78 is 54.7. The lowest BCUT2D eigenvalue weighted by Crippen LogP contribution is -2.17. The van der Waals surface area contributed by atoms with E-state index in [1.54, 1.807) is 18.2 Å². The van der Waals surface area contributed by atoms with Gasteiger partial charge in [0.15, 0.2) is 0 Å². The van der Waals surface area contributed by atoms with E-state index < -0.39 is 29.2 Å². The van der Waals surface area contributed by atoms with E-state index in [-0.39, 0.29) is 17.1 Å². The Balaban J connectivity index is 1.78. The molecule has 0 aromatic heterocycles. The van der Waals surface area contributed by atoms with Crippen LogP contribution >= 0.6 is 0 Å². The van der Waals surface area contributed by atoms with Crippen LogP contribution in [0.5, 0.6) is 17.2 Å². The predicted molar refractivity (Wildman–Crippen MR) is 101 cm³/mol. The van der Waals surface area contributed by atoms with Crippen molar-refractivity contribution in [1.29, 1.82) is 0 Å². The van der Waals surface area contributed by atoms with Crippen molar-refractivity contribution in [3.63, 3.8) is 0 Å². The standard InChI is InChI=1S/C22H15F3O5/c1-28-19-12-5-3-10-17(19)21(27)30-15-8-6-7-14(13-15)29-20(26)16-9-2-4-11-18(16)22(23,24)25/h2-13H,1H3. The first-order valence-electron chi connectivity index (χ1n) is 8.63. The number of carbonyl (C=O) groups excluding carboxylic acids is 2. The quantitative estimate of drug-likeness (QED) is 0.425. The van der Waals surface area contributed by atoms with E-state index in [1.165, 1.54) is 49.6 Å². The van der Waals surface area contributed by atoms with Gasteiger partial charge >= 0.3 is 18.1 Å². The highest BCUT2D eigenvalue weighted by Gasteiger charge is 2.35. The van der Waals surface area contributed by atoms with Gasteiger partial charge in [0.2, 0.25) is 0 Å². The third-order valence-electron chi connectivity index (χ3n) is 4.01. The molecule has 0 heterocycles. The number of alkyl halides is 3. The van der Waals surface area contributed by atoms with Crippen LogP contribution in [0.4, 0.5) is 13.2 Å². The molecule has 0 fully saturated rings. The summed E-state index contributed by atoms with van der Waals surface area (Å²) in [5, 5.41) is 0. The van der Waals surface area contributed by atoms with Crippen LogP contribution < -0.4 is 14.2 Å². The maximum atomic E-state index is 13.1. The van der Waals surface area contributed by atoms with Gasteiger partial charge in [-0.25, -0.2) is 9.59 Å². The molecule has 0 saturated carbocycles. The number of methoxy groups -OCH3 is 1. The number of ether oxygens (including phenoxy) is 3. The fourth-order valence-electron chi connectivity index (χ4n) is 2.65. The Hall–Kier alpha value is -3.81. The van der Waals surface area contributed by atoms with Crippen molar-refractivity contribution >= 4 is 11.9 Å². The van der Waals surface area contributed by atoms with Crippen molar-refractivity contribution in [2.24, 2.45) is 0 Å². The molecule has 3 rings (SSSR count). The van der Waals surface area contributed by atoms with Gasteiger partial charge in [-0.05, 0) is 36.4 Å². The lowest BCUT2D eigenvalue weighted by molar-refractivity contribution is -0.138. The van der Waals surface area contributed by atoms with Crippen molar-refractivity contribution in [3.8, 4) is 17.2 Å². The van der Waals surface area contributed by atoms with Gasteiger partial charge in [-0.2, -0.15) is 13.2 Å². The molecular formula is C22H15F3O5. The van der Waals surface area contributed by atoms with Crippen molar-refractivity contribution in [1.82, 2.24) is 0 Å². The molecule has 0 saturated heterocycles. The number of benzene rings is 3. The van der Waals surface area contributed by atoms with Crippen molar-refractivity contribution in [3.05, 3.63) is 89.5 Å². The predicted octanol–water partition coefficient (Wildman–Crippen LogP) is 5.15. The summed E-state index contributed by atoms with van der Waals surface area (Å²) in [7, 11) is 1.41. The fourth-order valence-corrected chi connectivity index (χ4v) is 2.65. The van der Waals surface area contributed by atoms with Gasteiger partial charge in [-0.1, -0.05) is 30.3 Å². The van der Waals surface area contributed by atoms with Crippen LogP contribution in [0.1, 0.15) is 26.3 Å². The van der Waals surface area contributed by atoms with Crippen LogP contribution in [0, 0.1) is 0 Å². The molecule has 0 radical (unpaired) electrons. The van der Waals surface area contributed by atoms with Crippen molar-refractivity contribution in [2.45, 2.75) is 6.18 Å². The van der Waals surface area contributed by atoms with E-state index in [1.807, 2.05) is 0 Å². The Morgan fingerprint density at radius 2 is 1.27 bits per heavy atom. The Morgan fingerprint density at radius 1 is 0.733 bits per heavy atom. The highest BCUT2D eigenvalue weighted by Crippen LogP contribution is 2.32. The zero-order chi connectivity index (χ0) is 21.7. The number of carbonyl (C=O) groups is 2. The summed E-state index contributed by atoms with van der Waals surface area (Å²) in [6, 6.07) is 16.2. The molecule has 0 aliphatic rings. The summed E-state index contributed by atoms with van der Waals surface area (Å²) in [6.45, 7) is 0. The summed E-state index contributed by atoms with van der Waals surface area (Å²) >= 11 is 0. The molecule has 0 amide bonds. The number of rotatable bonds is 5. The van der Waals surface area contributed by atoms with Crippen LogP contribution in [0.15, 0.2) is 72.8 Å². The second-order valence-electron chi connectivity index (χ2n) is 6.00. The minimum absolute atomic E-state index is 0.0420. The molecule has 0 atom stereocenters. The lowest BCUT2D eigenvalue weighted by atomic mass is 10.1.